The van der Waals surface area contributed by atoms with Gasteiger partial charge in [-0.2, -0.15) is 4.98 Å². The summed E-state index contributed by atoms with van der Waals surface area (Å²) in [4.78, 5) is 15.3. The van der Waals surface area contributed by atoms with E-state index in [0.717, 1.165) is 25.3 Å². The first-order valence-corrected chi connectivity index (χ1v) is 8.72. The summed E-state index contributed by atoms with van der Waals surface area (Å²) in [6.45, 7) is 2.25. The first-order valence-electron chi connectivity index (χ1n) is 8.34. The lowest BCUT2D eigenvalue weighted by atomic mass is 10.2. The van der Waals surface area contributed by atoms with Crippen molar-refractivity contribution < 1.29 is 4.39 Å². The molecule has 2 aromatic rings. The summed E-state index contributed by atoms with van der Waals surface area (Å²) in [5, 5.41) is 0.485. The summed E-state index contributed by atoms with van der Waals surface area (Å²) in [5.41, 5.74) is 0.568. The van der Waals surface area contributed by atoms with Crippen molar-refractivity contribution in [3.63, 3.8) is 0 Å². The minimum atomic E-state index is -0.244. The van der Waals surface area contributed by atoms with Gasteiger partial charge in [0.25, 0.3) is 0 Å². The fourth-order valence-corrected chi connectivity index (χ4v) is 3.32. The number of likely N-dealkylation sites (N-methyl/N-ethyl adjacent to an activating group) is 1. The van der Waals surface area contributed by atoms with Gasteiger partial charge >= 0.3 is 0 Å². The van der Waals surface area contributed by atoms with E-state index in [9.17, 15) is 4.39 Å². The molecule has 1 unspecified atom stereocenters. The van der Waals surface area contributed by atoms with Gasteiger partial charge in [-0.25, -0.2) is 9.37 Å². The number of benzene rings is 1. The highest BCUT2D eigenvalue weighted by Crippen LogP contribution is 2.25. The zero-order valence-corrected chi connectivity index (χ0v) is 15.5. The lowest BCUT2D eigenvalue weighted by Crippen LogP contribution is -2.35. The van der Waals surface area contributed by atoms with Crippen LogP contribution in [0.4, 0.5) is 16.2 Å². The van der Waals surface area contributed by atoms with Gasteiger partial charge in [-0.3, -0.25) is 4.90 Å². The van der Waals surface area contributed by atoms with Gasteiger partial charge in [-0.15, -0.1) is 0 Å². The van der Waals surface area contributed by atoms with E-state index in [0.29, 0.717) is 29.1 Å². The summed E-state index contributed by atoms with van der Waals surface area (Å²) < 4.78 is 14.0. The molecule has 25 heavy (non-hydrogen) atoms. The summed E-state index contributed by atoms with van der Waals surface area (Å²) in [6, 6.07) is 7.01. The molecule has 1 aromatic carbocycles. The Kier molecular flexibility index (Phi) is 5.39. The molecule has 0 bridgehead atoms. The lowest BCUT2D eigenvalue weighted by molar-refractivity contribution is 0.320. The third-order valence-corrected chi connectivity index (χ3v) is 4.99. The zero-order chi connectivity index (χ0) is 18.0. The second kappa shape index (κ2) is 7.54. The molecule has 1 fully saturated rings. The molecule has 1 saturated heterocycles. The third-order valence-electron chi connectivity index (χ3n) is 4.64. The molecule has 0 radical (unpaired) electrons. The van der Waals surface area contributed by atoms with Gasteiger partial charge in [0.1, 0.15) is 11.6 Å². The van der Waals surface area contributed by atoms with E-state index >= 15 is 0 Å². The van der Waals surface area contributed by atoms with Crippen molar-refractivity contribution in [3.8, 4) is 0 Å². The Labute approximate surface area is 153 Å². The monoisotopic (exact) mass is 363 g/mol. The smallest absolute Gasteiger partial charge is 0.227 e. The maximum absolute atomic E-state index is 14.0. The molecule has 0 amide bonds. The molecule has 0 spiro atoms. The van der Waals surface area contributed by atoms with E-state index < -0.39 is 0 Å². The molecule has 1 aliphatic rings. The van der Waals surface area contributed by atoms with Gasteiger partial charge in [-0.05, 0) is 24.6 Å². The lowest BCUT2D eigenvalue weighted by Gasteiger charge is -2.26. The maximum Gasteiger partial charge on any atom is 0.227 e. The van der Waals surface area contributed by atoms with E-state index in [-0.39, 0.29) is 5.82 Å². The number of nitrogens with zero attached hydrogens (tertiary/aromatic N) is 5. The van der Waals surface area contributed by atoms with Crippen LogP contribution < -0.4 is 9.80 Å². The molecule has 2 heterocycles. The van der Waals surface area contributed by atoms with Gasteiger partial charge in [0.15, 0.2) is 0 Å². The van der Waals surface area contributed by atoms with Gasteiger partial charge in [0.05, 0.1) is 0 Å². The second-order valence-electron chi connectivity index (χ2n) is 6.60. The average Bonchev–Trinajstić information content (AvgIpc) is 3.06. The Morgan fingerprint density at radius 2 is 2.08 bits per heavy atom. The zero-order valence-electron chi connectivity index (χ0n) is 14.8. The number of halogens is 2. The number of rotatable bonds is 5. The Hall–Kier alpha value is -1.92. The molecule has 1 aromatic heterocycles. The third kappa shape index (κ3) is 4.02. The predicted octanol–water partition coefficient (Wildman–Crippen LogP) is 3.05. The quantitative estimate of drug-likeness (QED) is 0.816. The Balaban J connectivity index is 1.67. The van der Waals surface area contributed by atoms with Crippen LogP contribution in [0.2, 0.25) is 5.02 Å². The molecule has 0 aliphatic carbocycles. The van der Waals surface area contributed by atoms with Crippen LogP contribution in [0, 0.1) is 5.82 Å². The van der Waals surface area contributed by atoms with Gasteiger partial charge < -0.3 is 9.80 Å². The first kappa shape index (κ1) is 17.9. The highest BCUT2D eigenvalue weighted by molar-refractivity contribution is 6.31. The van der Waals surface area contributed by atoms with Crippen molar-refractivity contribution >= 4 is 23.4 Å². The van der Waals surface area contributed by atoms with Crippen LogP contribution in [0.5, 0.6) is 0 Å². The van der Waals surface area contributed by atoms with Crippen LogP contribution in [0.1, 0.15) is 12.0 Å². The molecule has 1 aliphatic heterocycles. The van der Waals surface area contributed by atoms with Gasteiger partial charge in [0, 0.05) is 63.6 Å². The van der Waals surface area contributed by atoms with Crippen LogP contribution in [0.15, 0.2) is 30.5 Å². The minimum absolute atomic E-state index is 0.244. The average molecular weight is 364 g/mol. The maximum atomic E-state index is 14.0. The largest absolute Gasteiger partial charge is 0.363 e. The molecule has 3 rings (SSSR count). The Morgan fingerprint density at radius 1 is 1.28 bits per heavy atom. The Morgan fingerprint density at radius 3 is 2.80 bits per heavy atom. The van der Waals surface area contributed by atoms with Crippen molar-refractivity contribution in [3.05, 3.63) is 46.9 Å². The molecule has 0 N–H and O–H groups in total. The minimum Gasteiger partial charge on any atom is -0.363 e. The molecule has 7 heteroatoms. The van der Waals surface area contributed by atoms with E-state index in [1.807, 2.05) is 32.1 Å². The number of hydrogen-bond donors (Lipinski definition) is 0. The number of likely N-dealkylation sites (tertiary alicyclic amines) is 1. The van der Waals surface area contributed by atoms with Crippen molar-refractivity contribution in [2.75, 3.05) is 44.0 Å². The van der Waals surface area contributed by atoms with E-state index in [4.69, 9.17) is 11.6 Å². The summed E-state index contributed by atoms with van der Waals surface area (Å²) in [7, 11) is 5.93. The molecule has 134 valence electrons. The Bertz CT molecular complexity index is 719. The molecule has 0 saturated carbocycles. The molecular weight excluding hydrogens is 341 g/mol. The van der Waals surface area contributed by atoms with Crippen LogP contribution in [-0.2, 0) is 6.54 Å². The van der Waals surface area contributed by atoms with Crippen LogP contribution >= 0.6 is 11.6 Å². The molecular formula is C18H23ClFN5. The summed E-state index contributed by atoms with van der Waals surface area (Å²) >= 11 is 6.15. The summed E-state index contributed by atoms with van der Waals surface area (Å²) in [5.74, 6) is 1.35. The van der Waals surface area contributed by atoms with Crippen LogP contribution in [0.25, 0.3) is 0 Å². The van der Waals surface area contributed by atoms with Crippen molar-refractivity contribution in [1.82, 2.24) is 14.9 Å². The van der Waals surface area contributed by atoms with E-state index in [1.165, 1.54) is 6.07 Å². The predicted molar refractivity (Wildman–Crippen MR) is 99.9 cm³/mol. The van der Waals surface area contributed by atoms with Crippen LogP contribution in [0.3, 0.4) is 0 Å². The highest BCUT2D eigenvalue weighted by Gasteiger charge is 2.28. The number of hydrogen-bond acceptors (Lipinski definition) is 5. The van der Waals surface area contributed by atoms with Gasteiger partial charge in [0.2, 0.25) is 5.95 Å². The normalized spacial score (nSPS) is 17.7. The SMILES string of the molecule is CN(C)c1ccnc(N(C)C2CCN(Cc3c(F)cccc3Cl)C2)n1. The topological polar surface area (TPSA) is 35.5 Å². The van der Waals surface area contributed by atoms with Crippen molar-refractivity contribution in [2.45, 2.75) is 19.0 Å². The first-order chi connectivity index (χ1) is 12.0. The van der Waals surface area contributed by atoms with Crippen molar-refractivity contribution in [2.24, 2.45) is 0 Å². The van der Waals surface area contributed by atoms with Gasteiger partial charge in [-0.1, -0.05) is 17.7 Å². The number of aromatic nitrogens is 2. The molecule has 5 nitrogen and oxygen atoms in total. The second-order valence-corrected chi connectivity index (χ2v) is 7.01. The van der Waals surface area contributed by atoms with E-state index in [1.54, 1.807) is 18.3 Å². The summed E-state index contributed by atoms with van der Waals surface area (Å²) in [6.07, 6.45) is 2.76. The standard InChI is InChI=1S/C18H23ClFN5/c1-23(2)17-7-9-21-18(22-17)24(3)13-8-10-25(11-13)12-14-15(19)5-4-6-16(14)20/h4-7,9,13H,8,10-12H2,1-3H3. The van der Waals surface area contributed by atoms with E-state index in [2.05, 4.69) is 19.8 Å². The highest BCUT2D eigenvalue weighted by atomic mass is 35.5. The fourth-order valence-electron chi connectivity index (χ4n) is 3.10. The number of anilines is 2. The molecule has 1 atom stereocenters. The van der Waals surface area contributed by atoms with Crippen LogP contribution in [-0.4, -0.2) is 55.1 Å². The van der Waals surface area contributed by atoms with Crippen molar-refractivity contribution in [1.29, 1.82) is 0 Å². The fraction of sp³-hybridized carbons (Fsp3) is 0.444.